The summed E-state index contributed by atoms with van der Waals surface area (Å²) in [4.78, 5) is 26.6. The molecule has 150 valence electrons. The van der Waals surface area contributed by atoms with E-state index >= 15 is 0 Å². The van der Waals surface area contributed by atoms with Crippen molar-refractivity contribution < 1.29 is 23.7 Å². The summed E-state index contributed by atoms with van der Waals surface area (Å²) in [6.07, 6.45) is -0.153. The van der Waals surface area contributed by atoms with Crippen molar-refractivity contribution in [2.24, 2.45) is 5.92 Å². The van der Waals surface area contributed by atoms with Gasteiger partial charge in [0.05, 0.1) is 20.6 Å². The lowest BCUT2D eigenvalue weighted by atomic mass is 10.1. The van der Waals surface area contributed by atoms with E-state index in [1.54, 1.807) is 34.9 Å². The van der Waals surface area contributed by atoms with Crippen molar-refractivity contribution in [3.05, 3.63) is 41.1 Å². The first-order valence-corrected chi connectivity index (χ1v) is 9.19. The van der Waals surface area contributed by atoms with Gasteiger partial charge >= 0.3 is 12.1 Å². The molecule has 2 rings (SSSR count). The smallest absolute Gasteiger partial charge is 0.411 e. The van der Waals surface area contributed by atoms with Gasteiger partial charge in [-0.25, -0.2) is 9.59 Å². The van der Waals surface area contributed by atoms with E-state index in [1.165, 1.54) is 4.90 Å². The number of benzene rings is 1. The molecule has 0 bridgehead atoms. The van der Waals surface area contributed by atoms with E-state index in [0.29, 0.717) is 19.5 Å². The Bertz CT molecular complexity index is 649. The van der Waals surface area contributed by atoms with Crippen LogP contribution in [-0.4, -0.2) is 60.4 Å². The van der Waals surface area contributed by atoms with Crippen LogP contribution >= 0.6 is 0 Å². The standard InChI is InChI=1S/C20H30N2O5/c1-20(2,3)27-19(24)21-12-16(13-22(4,5)25)11-17(21)18(23)26-14-15-9-7-6-8-10-15/h6-10,16-17H,11-14H2,1-5H3/t16?,17-/m0/s1. The molecule has 0 N–H and O–H groups in total. The van der Waals surface area contributed by atoms with Crippen LogP contribution in [0, 0.1) is 11.1 Å². The second-order valence-electron chi connectivity index (χ2n) is 8.60. The molecule has 1 aromatic rings. The van der Waals surface area contributed by atoms with Crippen molar-refractivity contribution in [1.29, 1.82) is 0 Å². The zero-order valence-electron chi connectivity index (χ0n) is 16.8. The molecule has 2 atom stereocenters. The third-order valence-corrected chi connectivity index (χ3v) is 4.21. The SMILES string of the molecule is CC(C)(C)OC(=O)N1CC(C[N+](C)(C)[O-])C[C@H]1C(=O)OCc1ccccc1. The number of ether oxygens (including phenoxy) is 2. The Balaban J connectivity index is 2.07. The van der Waals surface area contributed by atoms with Gasteiger partial charge in [0.2, 0.25) is 0 Å². The Hall–Kier alpha value is -2.12. The molecular weight excluding hydrogens is 348 g/mol. The van der Waals surface area contributed by atoms with Crippen LogP contribution < -0.4 is 0 Å². The summed E-state index contributed by atoms with van der Waals surface area (Å²) < 4.78 is 10.4. The van der Waals surface area contributed by atoms with E-state index in [9.17, 15) is 14.8 Å². The molecule has 1 aliphatic rings. The first-order chi connectivity index (χ1) is 12.4. The van der Waals surface area contributed by atoms with Crippen LogP contribution in [-0.2, 0) is 20.9 Å². The third-order valence-electron chi connectivity index (χ3n) is 4.21. The molecule has 0 aliphatic carbocycles. The Labute approximate surface area is 161 Å². The number of carbonyl (C=O) groups is 2. The maximum absolute atomic E-state index is 12.7. The number of carbonyl (C=O) groups excluding carboxylic acids is 2. The number of esters is 1. The van der Waals surface area contributed by atoms with Crippen molar-refractivity contribution in [2.45, 2.75) is 45.4 Å². The molecule has 0 spiro atoms. The quantitative estimate of drug-likeness (QED) is 0.447. The summed E-state index contributed by atoms with van der Waals surface area (Å²) in [5, 5.41) is 12.0. The molecule has 1 aliphatic heterocycles. The van der Waals surface area contributed by atoms with Gasteiger partial charge < -0.3 is 19.3 Å². The lowest BCUT2D eigenvalue weighted by molar-refractivity contribution is -0.843. The fourth-order valence-electron chi connectivity index (χ4n) is 3.25. The Kier molecular flexibility index (Phi) is 6.49. The highest BCUT2D eigenvalue weighted by Gasteiger charge is 2.43. The molecular formula is C20H30N2O5. The van der Waals surface area contributed by atoms with E-state index in [-0.39, 0.29) is 12.5 Å². The van der Waals surface area contributed by atoms with Gasteiger partial charge in [0.1, 0.15) is 18.2 Å². The number of hydrogen-bond donors (Lipinski definition) is 0. The summed E-state index contributed by atoms with van der Waals surface area (Å²) in [6, 6.07) is 8.63. The summed E-state index contributed by atoms with van der Waals surface area (Å²) >= 11 is 0. The molecule has 1 amide bonds. The summed E-state index contributed by atoms with van der Waals surface area (Å²) in [6.45, 7) is 6.11. The predicted molar refractivity (Wildman–Crippen MR) is 101 cm³/mol. The van der Waals surface area contributed by atoms with Gasteiger partial charge in [0.25, 0.3) is 0 Å². The number of hydrogen-bond acceptors (Lipinski definition) is 5. The minimum absolute atomic E-state index is 0.0840. The molecule has 0 saturated carbocycles. The first-order valence-electron chi connectivity index (χ1n) is 9.19. The molecule has 1 saturated heterocycles. The van der Waals surface area contributed by atoms with Gasteiger partial charge in [0, 0.05) is 12.5 Å². The Morgan fingerprint density at radius 2 is 1.85 bits per heavy atom. The van der Waals surface area contributed by atoms with E-state index < -0.39 is 28.4 Å². The van der Waals surface area contributed by atoms with Gasteiger partial charge in [0.15, 0.2) is 0 Å². The normalized spacial score (nSPS) is 20.4. The molecule has 1 unspecified atom stereocenters. The Morgan fingerprint density at radius 1 is 1.22 bits per heavy atom. The highest BCUT2D eigenvalue weighted by Crippen LogP contribution is 2.28. The molecule has 0 aromatic heterocycles. The van der Waals surface area contributed by atoms with Crippen LogP contribution in [0.5, 0.6) is 0 Å². The van der Waals surface area contributed by atoms with Crippen LogP contribution in [0.4, 0.5) is 4.79 Å². The number of amides is 1. The molecule has 27 heavy (non-hydrogen) atoms. The molecule has 7 heteroatoms. The van der Waals surface area contributed by atoms with Crippen molar-refractivity contribution >= 4 is 12.1 Å². The number of nitrogens with zero attached hydrogens (tertiary/aromatic N) is 2. The zero-order chi connectivity index (χ0) is 20.2. The van der Waals surface area contributed by atoms with Gasteiger partial charge in [-0.2, -0.15) is 0 Å². The third kappa shape index (κ3) is 6.84. The monoisotopic (exact) mass is 378 g/mol. The number of quaternary nitrogens is 1. The molecule has 1 heterocycles. The van der Waals surface area contributed by atoms with Crippen LogP contribution in [0.2, 0.25) is 0 Å². The van der Waals surface area contributed by atoms with Crippen molar-refractivity contribution in [3.8, 4) is 0 Å². The summed E-state index contributed by atoms with van der Waals surface area (Å²) in [7, 11) is 3.11. The van der Waals surface area contributed by atoms with Gasteiger partial charge in [-0.3, -0.25) is 4.90 Å². The topological polar surface area (TPSA) is 78.9 Å². The maximum Gasteiger partial charge on any atom is 0.411 e. The molecule has 0 radical (unpaired) electrons. The summed E-state index contributed by atoms with van der Waals surface area (Å²) in [5.41, 5.74) is 0.211. The average Bonchev–Trinajstić information content (AvgIpc) is 2.94. The minimum atomic E-state index is -0.736. The van der Waals surface area contributed by atoms with E-state index in [2.05, 4.69) is 0 Å². The van der Waals surface area contributed by atoms with Crippen LogP contribution in [0.25, 0.3) is 0 Å². The fraction of sp³-hybridized carbons (Fsp3) is 0.600. The first kappa shape index (κ1) is 21.2. The van der Waals surface area contributed by atoms with Crippen molar-refractivity contribution in [3.63, 3.8) is 0 Å². The largest absolute Gasteiger partial charge is 0.633 e. The van der Waals surface area contributed by atoms with Gasteiger partial charge in [-0.15, -0.1) is 0 Å². The average molecular weight is 378 g/mol. The van der Waals surface area contributed by atoms with E-state index in [0.717, 1.165) is 5.56 Å². The summed E-state index contributed by atoms with van der Waals surface area (Å²) in [5.74, 6) is -0.553. The highest BCUT2D eigenvalue weighted by molar-refractivity contribution is 5.82. The number of likely N-dealkylation sites (tertiary alicyclic amines) is 1. The number of hydroxylamine groups is 3. The minimum Gasteiger partial charge on any atom is -0.633 e. The molecule has 1 aromatic carbocycles. The lowest BCUT2D eigenvalue weighted by Gasteiger charge is -2.36. The van der Waals surface area contributed by atoms with Gasteiger partial charge in [-0.05, 0) is 32.8 Å². The molecule has 7 nitrogen and oxygen atoms in total. The van der Waals surface area contributed by atoms with E-state index in [4.69, 9.17) is 9.47 Å². The second-order valence-corrected chi connectivity index (χ2v) is 8.60. The van der Waals surface area contributed by atoms with Gasteiger partial charge in [-0.1, -0.05) is 30.3 Å². The zero-order valence-corrected chi connectivity index (χ0v) is 16.8. The van der Waals surface area contributed by atoms with Crippen LogP contribution in [0.15, 0.2) is 30.3 Å². The van der Waals surface area contributed by atoms with Crippen LogP contribution in [0.1, 0.15) is 32.8 Å². The second kappa shape index (κ2) is 8.27. The lowest BCUT2D eigenvalue weighted by Crippen LogP contribution is -2.44. The van der Waals surface area contributed by atoms with E-state index in [1.807, 2.05) is 30.3 Å². The Morgan fingerprint density at radius 3 is 2.41 bits per heavy atom. The number of rotatable bonds is 5. The predicted octanol–water partition coefficient (Wildman–Crippen LogP) is 2.93. The fourth-order valence-corrected chi connectivity index (χ4v) is 3.25. The van der Waals surface area contributed by atoms with Crippen LogP contribution in [0.3, 0.4) is 0 Å². The highest BCUT2D eigenvalue weighted by atomic mass is 16.6. The van der Waals surface area contributed by atoms with Crippen molar-refractivity contribution in [1.82, 2.24) is 4.90 Å². The van der Waals surface area contributed by atoms with Crippen molar-refractivity contribution in [2.75, 3.05) is 27.2 Å². The molecule has 1 fully saturated rings. The maximum atomic E-state index is 12.7.